The maximum Gasteiger partial charge on any atom is 0.310 e. The molecule has 0 aromatic rings. The van der Waals surface area contributed by atoms with Crippen LogP contribution in [0.4, 0.5) is 0 Å². The molecule has 3 fully saturated rings. The summed E-state index contributed by atoms with van der Waals surface area (Å²) in [6.07, 6.45) is 15.1. The van der Waals surface area contributed by atoms with Crippen molar-refractivity contribution in [2.24, 2.45) is 41.4 Å². The first-order valence-corrected chi connectivity index (χ1v) is 11.0. The number of fused-ring (bicyclic) bond motifs is 5. The van der Waals surface area contributed by atoms with Gasteiger partial charge in [-0.25, -0.2) is 0 Å². The van der Waals surface area contributed by atoms with Gasteiger partial charge in [-0.1, -0.05) is 54.5 Å². The Morgan fingerprint density at radius 1 is 1.15 bits per heavy atom. The number of hydrogen-bond donors (Lipinski definition) is 0. The van der Waals surface area contributed by atoms with Crippen molar-refractivity contribution >= 4 is 5.97 Å². The fourth-order valence-corrected chi connectivity index (χ4v) is 7.33. The first-order valence-electron chi connectivity index (χ1n) is 11.0. The molecule has 0 aliphatic heterocycles. The second-order valence-electron chi connectivity index (χ2n) is 9.55. The number of allylic oxidation sites excluding steroid dienone is 1. The zero-order valence-electron chi connectivity index (χ0n) is 16.4. The Morgan fingerprint density at radius 3 is 2.56 bits per heavy atom. The zero-order valence-corrected chi connectivity index (χ0v) is 16.4. The molecule has 0 spiro atoms. The smallest absolute Gasteiger partial charge is 0.310 e. The van der Waals surface area contributed by atoms with E-state index in [4.69, 9.17) is 4.74 Å². The molecule has 156 valence electrons. The van der Waals surface area contributed by atoms with Gasteiger partial charge in [-0.3, -0.25) is 4.79 Å². The predicted molar refractivity (Wildman–Crippen MR) is 114 cm³/mol. The maximum atomic E-state index is 13.1. The van der Waals surface area contributed by atoms with Gasteiger partial charge in [0.1, 0.15) is 5.60 Å². The summed E-state index contributed by atoms with van der Waals surface area (Å²) in [5.41, 5.74) is -0.303. The van der Waals surface area contributed by atoms with Gasteiger partial charge < -0.3 is 4.74 Å². The third-order valence-corrected chi connectivity index (χ3v) is 8.26. The minimum absolute atomic E-state index is 0. The number of ether oxygens (including phenoxy) is 1. The quantitative estimate of drug-likeness (QED) is 0.380. The summed E-state index contributed by atoms with van der Waals surface area (Å²) in [5, 5.41) is 0. The van der Waals surface area contributed by atoms with Crippen molar-refractivity contribution in [2.45, 2.75) is 99.0 Å². The maximum absolute atomic E-state index is 13.1. The second-order valence-corrected chi connectivity index (χ2v) is 9.55. The van der Waals surface area contributed by atoms with Gasteiger partial charge >= 0.3 is 5.97 Å². The van der Waals surface area contributed by atoms with Crippen molar-refractivity contribution < 1.29 is 9.53 Å². The topological polar surface area (TPSA) is 26.3 Å². The van der Waals surface area contributed by atoms with Gasteiger partial charge in [-0.2, -0.15) is 0 Å². The highest BCUT2D eigenvalue weighted by Gasteiger charge is 2.61. The molecule has 0 aromatic carbocycles. The number of carbonyl (C=O) groups excluding carboxylic acids is 1. The lowest BCUT2D eigenvalue weighted by molar-refractivity contribution is -0.165. The Labute approximate surface area is 168 Å². The van der Waals surface area contributed by atoms with E-state index in [0.717, 1.165) is 61.7 Å². The Kier molecular flexibility index (Phi) is 7.25. The summed E-state index contributed by atoms with van der Waals surface area (Å²) in [6, 6.07) is 0. The fourth-order valence-electron chi connectivity index (χ4n) is 7.33. The van der Waals surface area contributed by atoms with Crippen LogP contribution in [0.15, 0.2) is 12.2 Å². The van der Waals surface area contributed by atoms with Crippen LogP contribution in [-0.4, -0.2) is 11.6 Å². The average Bonchev–Trinajstić information content (AvgIpc) is 3.28. The normalized spacial score (nSPS) is 44.3. The van der Waals surface area contributed by atoms with Gasteiger partial charge in [0.05, 0.1) is 5.92 Å². The third-order valence-electron chi connectivity index (χ3n) is 8.26. The predicted octanol–water partition coefficient (Wildman–Crippen LogP) is 7.04. The van der Waals surface area contributed by atoms with Crippen LogP contribution in [0.25, 0.3) is 0 Å². The highest BCUT2D eigenvalue weighted by atomic mass is 16.6. The molecule has 0 radical (unpaired) electrons. The number of hydrogen-bond acceptors (Lipinski definition) is 2. The fraction of sp³-hybridized carbons (Fsp3) is 0.880. The molecule has 27 heavy (non-hydrogen) atoms. The summed E-state index contributed by atoms with van der Waals surface area (Å²) in [6.45, 7) is 6.95. The molecular weight excluding hydrogens is 332 g/mol. The lowest BCUT2D eigenvalue weighted by Gasteiger charge is -2.38. The van der Waals surface area contributed by atoms with Crippen molar-refractivity contribution in [1.29, 1.82) is 0 Å². The summed E-state index contributed by atoms with van der Waals surface area (Å²) in [5.74, 6) is 5.19. The van der Waals surface area contributed by atoms with Crippen molar-refractivity contribution in [1.82, 2.24) is 0 Å². The first kappa shape index (κ1) is 22.5. The van der Waals surface area contributed by atoms with E-state index < -0.39 is 0 Å². The lowest BCUT2D eigenvalue weighted by Crippen LogP contribution is -2.40. The highest BCUT2D eigenvalue weighted by molar-refractivity contribution is 5.74. The summed E-state index contributed by atoms with van der Waals surface area (Å²) in [4.78, 5) is 13.1. The Hall–Kier alpha value is -0.790. The third kappa shape index (κ3) is 3.75. The molecule has 0 saturated heterocycles. The molecule has 2 bridgehead atoms. The van der Waals surface area contributed by atoms with Gasteiger partial charge in [-0.15, -0.1) is 0 Å². The summed E-state index contributed by atoms with van der Waals surface area (Å²) in [7, 11) is 0. The molecule has 2 heteroatoms. The highest BCUT2D eigenvalue weighted by Crippen LogP contribution is 2.65. The molecular formula is C25H44O2. The van der Waals surface area contributed by atoms with Crippen molar-refractivity contribution in [2.75, 3.05) is 0 Å². The van der Waals surface area contributed by atoms with E-state index in [0.29, 0.717) is 5.92 Å². The van der Waals surface area contributed by atoms with E-state index in [-0.39, 0.29) is 32.3 Å². The average molecular weight is 377 g/mol. The van der Waals surface area contributed by atoms with Crippen LogP contribution in [0.3, 0.4) is 0 Å². The van der Waals surface area contributed by atoms with Crippen LogP contribution >= 0.6 is 0 Å². The Morgan fingerprint density at radius 2 is 1.93 bits per heavy atom. The SMILES string of the molecule is C.C.CCCC1CC(C)C2C3CC(C(=O)OC4(CC)C=CCCC4)C(C3)C12. The van der Waals surface area contributed by atoms with Gasteiger partial charge in [0.2, 0.25) is 0 Å². The summed E-state index contributed by atoms with van der Waals surface area (Å²) >= 11 is 0. The van der Waals surface area contributed by atoms with Gasteiger partial charge in [-0.05, 0) is 86.5 Å². The minimum atomic E-state index is -0.303. The van der Waals surface area contributed by atoms with E-state index in [1.807, 2.05) is 0 Å². The number of esters is 1. The van der Waals surface area contributed by atoms with Gasteiger partial charge in [0.15, 0.2) is 0 Å². The zero-order chi connectivity index (χ0) is 17.6. The van der Waals surface area contributed by atoms with Gasteiger partial charge in [0.25, 0.3) is 0 Å². The molecule has 0 heterocycles. The Balaban J connectivity index is 0.00000131. The lowest BCUT2D eigenvalue weighted by atomic mass is 9.71. The van der Waals surface area contributed by atoms with E-state index in [2.05, 4.69) is 32.9 Å². The minimum Gasteiger partial charge on any atom is -0.455 e. The van der Waals surface area contributed by atoms with Crippen LogP contribution < -0.4 is 0 Å². The standard InChI is InChI=1S/C23H36O2.2CH4/c1-4-9-16-12-15(3)20-17-13-18(21(16)20)19(14-17)22(24)25-23(5-2)10-7-6-8-11-23;;/h7,10,15-21H,4-6,8-9,11-14H2,1-3H3;2*1H4. The number of rotatable bonds is 5. The van der Waals surface area contributed by atoms with E-state index in [1.165, 1.54) is 25.7 Å². The molecule has 3 saturated carbocycles. The first-order chi connectivity index (χ1) is 12.1. The Bertz CT molecular complexity index is 538. The van der Waals surface area contributed by atoms with Crippen LogP contribution in [0.2, 0.25) is 0 Å². The molecule has 8 unspecified atom stereocenters. The van der Waals surface area contributed by atoms with E-state index >= 15 is 0 Å². The monoisotopic (exact) mass is 376 g/mol. The molecule has 8 atom stereocenters. The van der Waals surface area contributed by atoms with Crippen LogP contribution in [0.5, 0.6) is 0 Å². The van der Waals surface area contributed by atoms with Crippen LogP contribution in [-0.2, 0) is 9.53 Å². The molecule has 0 aromatic heterocycles. The van der Waals surface area contributed by atoms with E-state index in [9.17, 15) is 4.79 Å². The molecule has 2 nitrogen and oxygen atoms in total. The van der Waals surface area contributed by atoms with Crippen LogP contribution in [0, 0.1) is 41.4 Å². The van der Waals surface area contributed by atoms with Crippen LogP contribution in [0.1, 0.15) is 93.4 Å². The van der Waals surface area contributed by atoms with Crippen molar-refractivity contribution in [3.05, 3.63) is 12.2 Å². The molecule has 0 N–H and O–H groups in total. The number of carbonyl (C=O) groups is 1. The largest absolute Gasteiger partial charge is 0.455 e. The van der Waals surface area contributed by atoms with E-state index in [1.54, 1.807) is 0 Å². The molecule has 4 rings (SSSR count). The van der Waals surface area contributed by atoms with Crippen molar-refractivity contribution in [3.8, 4) is 0 Å². The van der Waals surface area contributed by atoms with Gasteiger partial charge in [0, 0.05) is 0 Å². The second kappa shape index (κ2) is 8.70. The molecule has 0 amide bonds. The molecule has 4 aliphatic rings. The van der Waals surface area contributed by atoms with Crippen molar-refractivity contribution in [3.63, 3.8) is 0 Å². The summed E-state index contributed by atoms with van der Waals surface area (Å²) < 4.78 is 6.21. The molecule has 4 aliphatic carbocycles.